The van der Waals surface area contributed by atoms with Crippen LogP contribution in [0.3, 0.4) is 0 Å². The van der Waals surface area contributed by atoms with Crippen molar-refractivity contribution in [2.75, 3.05) is 17.2 Å². The number of fused-ring (bicyclic) bond motifs is 1. The number of carbonyl (C=O) groups excluding carboxylic acids is 2. The van der Waals surface area contributed by atoms with Crippen LogP contribution in [0.4, 0.5) is 10.7 Å². The van der Waals surface area contributed by atoms with E-state index in [1.165, 1.54) is 23.1 Å². The summed E-state index contributed by atoms with van der Waals surface area (Å²) in [7, 11) is 0. The van der Waals surface area contributed by atoms with Crippen LogP contribution in [-0.4, -0.2) is 18.4 Å². The smallest absolute Gasteiger partial charge is 0.258 e. The van der Waals surface area contributed by atoms with Crippen molar-refractivity contribution in [2.45, 2.75) is 39.5 Å². The third-order valence-electron chi connectivity index (χ3n) is 4.11. The molecule has 3 rings (SSSR count). The zero-order valence-electron chi connectivity index (χ0n) is 14.5. The Kier molecular flexibility index (Phi) is 5.38. The molecule has 0 atom stereocenters. The van der Waals surface area contributed by atoms with Crippen molar-refractivity contribution in [2.24, 2.45) is 0 Å². The predicted octanol–water partition coefficient (Wildman–Crippen LogP) is 4.24. The van der Waals surface area contributed by atoms with E-state index in [0.717, 1.165) is 37.0 Å². The first kappa shape index (κ1) is 17.5. The Balaban J connectivity index is 1.85. The molecule has 0 spiro atoms. The van der Waals surface area contributed by atoms with E-state index >= 15 is 0 Å². The first-order valence-corrected chi connectivity index (χ1v) is 9.36. The van der Waals surface area contributed by atoms with Gasteiger partial charge in [0.05, 0.1) is 12.2 Å². The molecule has 25 heavy (non-hydrogen) atoms. The van der Waals surface area contributed by atoms with Gasteiger partial charge in [0.25, 0.3) is 5.91 Å². The second kappa shape index (κ2) is 7.70. The van der Waals surface area contributed by atoms with Gasteiger partial charge in [-0.05, 0) is 62.4 Å². The lowest BCUT2D eigenvalue weighted by Crippen LogP contribution is -2.17. The van der Waals surface area contributed by atoms with Crippen molar-refractivity contribution in [3.05, 3.63) is 40.3 Å². The van der Waals surface area contributed by atoms with E-state index in [0.29, 0.717) is 22.9 Å². The maximum atomic E-state index is 12.9. The second-order valence-electron chi connectivity index (χ2n) is 6.01. The van der Waals surface area contributed by atoms with Crippen LogP contribution >= 0.6 is 11.3 Å². The highest BCUT2D eigenvalue weighted by Crippen LogP contribution is 2.38. The molecule has 2 amide bonds. The highest BCUT2D eigenvalue weighted by molar-refractivity contribution is 7.17. The molecular weight excluding hydrogens is 336 g/mol. The lowest BCUT2D eigenvalue weighted by Gasteiger charge is -2.13. The first-order chi connectivity index (χ1) is 12.1. The number of hydrogen-bond acceptors (Lipinski definition) is 4. The van der Waals surface area contributed by atoms with Crippen LogP contribution in [0.2, 0.25) is 0 Å². The molecule has 5 nitrogen and oxygen atoms in total. The fourth-order valence-electron chi connectivity index (χ4n) is 3.05. The van der Waals surface area contributed by atoms with Gasteiger partial charge >= 0.3 is 0 Å². The molecule has 1 aliphatic rings. The van der Waals surface area contributed by atoms with Gasteiger partial charge in [-0.1, -0.05) is 0 Å². The van der Waals surface area contributed by atoms with E-state index in [4.69, 9.17) is 4.74 Å². The normalized spacial score (nSPS) is 13.0. The van der Waals surface area contributed by atoms with Crippen LogP contribution in [0.25, 0.3) is 0 Å². The van der Waals surface area contributed by atoms with Crippen LogP contribution in [0, 0.1) is 0 Å². The molecule has 132 valence electrons. The number of nitrogens with one attached hydrogen (secondary N) is 2. The van der Waals surface area contributed by atoms with Gasteiger partial charge in [-0.15, -0.1) is 11.3 Å². The Morgan fingerprint density at radius 1 is 1.12 bits per heavy atom. The van der Waals surface area contributed by atoms with Gasteiger partial charge in [-0.25, -0.2) is 0 Å². The minimum Gasteiger partial charge on any atom is -0.494 e. The van der Waals surface area contributed by atoms with E-state index in [-0.39, 0.29) is 11.8 Å². The van der Waals surface area contributed by atoms with Crippen molar-refractivity contribution >= 4 is 33.8 Å². The number of carbonyl (C=O) groups is 2. The molecule has 2 aromatic rings. The quantitative estimate of drug-likeness (QED) is 0.840. The number of anilines is 2. The van der Waals surface area contributed by atoms with Gasteiger partial charge in [-0.3, -0.25) is 9.59 Å². The minimum absolute atomic E-state index is 0.159. The lowest BCUT2D eigenvalue weighted by atomic mass is 9.95. The summed E-state index contributed by atoms with van der Waals surface area (Å²) in [5.74, 6) is 0.438. The van der Waals surface area contributed by atoms with Crippen molar-refractivity contribution in [3.63, 3.8) is 0 Å². The molecule has 0 aliphatic heterocycles. The summed E-state index contributed by atoms with van der Waals surface area (Å²) in [6.07, 6.45) is 4.07. The summed E-state index contributed by atoms with van der Waals surface area (Å²) in [6.45, 7) is 4.00. The zero-order valence-corrected chi connectivity index (χ0v) is 15.3. The Labute approximate surface area is 151 Å². The number of benzene rings is 1. The summed E-state index contributed by atoms with van der Waals surface area (Å²) in [5, 5.41) is 6.42. The number of aryl methyl sites for hydroxylation is 1. The zero-order chi connectivity index (χ0) is 17.8. The third-order valence-corrected chi connectivity index (χ3v) is 5.32. The van der Waals surface area contributed by atoms with Crippen LogP contribution in [-0.2, 0) is 17.6 Å². The molecule has 2 N–H and O–H groups in total. The monoisotopic (exact) mass is 358 g/mol. The average molecular weight is 358 g/mol. The molecule has 0 saturated carbocycles. The average Bonchev–Trinajstić information content (AvgIpc) is 2.94. The molecule has 0 radical (unpaired) electrons. The van der Waals surface area contributed by atoms with E-state index in [9.17, 15) is 9.59 Å². The molecule has 1 aromatic carbocycles. The molecule has 0 fully saturated rings. The van der Waals surface area contributed by atoms with Crippen LogP contribution < -0.4 is 15.4 Å². The highest BCUT2D eigenvalue weighted by atomic mass is 32.1. The molecule has 0 saturated heterocycles. The fourth-order valence-corrected chi connectivity index (χ4v) is 4.38. The van der Waals surface area contributed by atoms with Gasteiger partial charge in [0.2, 0.25) is 5.91 Å². The van der Waals surface area contributed by atoms with Crippen molar-refractivity contribution in [1.29, 1.82) is 0 Å². The Hall–Kier alpha value is -2.34. The number of rotatable bonds is 5. The summed E-state index contributed by atoms with van der Waals surface area (Å²) in [4.78, 5) is 25.6. The summed E-state index contributed by atoms with van der Waals surface area (Å²) < 4.78 is 5.42. The van der Waals surface area contributed by atoms with E-state index in [1.807, 2.05) is 31.2 Å². The number of hydrogen-bond donors (Lipinski definition) is 2. The highest BCUT2D eigenvalue weighted by Gasteiger charge is 2.26. The lowest BCUT2D eigenvalue weighted by molar-refractivity contribution is -0.114. The Morgan fingerprint density at radius 2 is 1.84 bits per heavy atom. The largest absolute Gasteiger partial charge is 0.494 e. The first-order valence-electron chi connectivity index (χ1n) is 8.54. The van der Waals surface area contributed by atoms with Crippen LogP contribution in [0.5, 0.6) is 5.75 Å². The topological polar surface area (TPSA) is 67.4 Å². The van der Waals surface area contributed by atoms with E-state index in [1.54, 1.807) is 0 Å². The van der Waals surface area contributed by atoms with Gasteiger partial charge in [0.1, 0.15) is 10.8 Å². The predicted molar refractivity (Wildman–Crippen MR) is 101 cm³/mol. The molecular formula is C19H22N2O3S. The SMILES string of the molecule is CCOc1ccc(NC(=O)c2c(NC(C)=O)sc3c2CCCC3)cc1. The van der Waals surface area contributed by atoms with Crippen molar-refractivity contribution in [1.82, 2.24) is 0 Å². The van der Waals surface area contributed by atoms with Gasteiger partial charge < -0.3 is 15.4 Å². The molecule has 1 aromatic heterocycles. The Morgan fingerprint density at radius 3 is 2.52 bits per heavy atom. The van der Waals surface area contributed by atoms with Gasteiger partial charge in [-0.2, -0.15) is 0 Å². The van der Waals surface area contributed by atoms with Crippen LogP contribution in [0.1, 0.15) is 47.5 Å². The maximum Gasteiger partial charge on any atom is 0.258 e. The number of thiophene rings is 1. The van der Waals surface area contributed by atoms with E-state index in [2.05, 4.69) is 10.6 Å². The molecule has 0 bridgehead atoms. The van der Waals surface area contributed by atoms with Crippen molar-refractivity contribution < 1.29 is 14.3 Å². The van der Waals surface area contributed by atoms with Gasteiger partial charge in [0, 0.05) is 17.5 Å². The Bertz CT molecular complexity index is 781. The number of amides is 2. The fraction of sp³-hybridized carbons (Fsp3) is 0.368. The number of ether oxygens (including phenoxy) is 1. The summed E-state index contributed by atoms with van der Waals surface area (Å²) in [6, 6.07) is 7.30. The summed E-state index contributed by atoms with van der Waals surface area (Å²) >= 11 is 1.53. The van der Waals surface area contributed by atoms with Crippen LogP contribution in [0.15, 0.2) is 24.3 Å². The third kappa shape index (κ3) is 4.02. The molecule has 1 aliphatic carbocycles. The molecule has 1 heterocycles. The minimum atomic E-state index is -0.174. The van der Waals surface area contributed by atoms with Crippen molar-refractivity contribution in [3.8, 4) is 5.75 Å². The van der Waals surface area contributed by atoms with Gasteiger partial charge in [0.15, 0.2) is 0 Å². The maximum absolute atomic E-state index is 12.9. The van der Waals surface area contributed by atoms with E-state index < -0.39 is 0 Å². The standard InChI is InChI=1S/C19H22N2O3S/c1-3-24-14-10-8-13(9-11-14)21-18(23)17-15-6-4-5-7-16(15)25-19(17)20-12(2)22/h8-11H,3-7H2,1-2H3,(H,20,22)(H,21,23). The molecule has 6 heteroatoms. The summed E-state index contributed by atoms with van der Waals surface area (Å²) in [5.41, 5.74) is 2.41. The molecule has 0 unspecified atom stereocenters. The second-order valence-corrected chi connectivity index (χ2v) is 7.11.